The first-order valence-electron chi connectivity index (χ1n) is 11.0. The SMILES string of the molecule is CC1(C)[C-]=Cc2cc3c(cc21)Cc1cc2c(cc1-3)C=CC2(C)C.Cc1c[cH-]c(C)c1.[Cl-].[Cl-].[Zr+4]. The van der Waals surface area contributed by atoms with Crippen LogP contribution in [-0.4, -0.2) is 0 Å². The maximum atomic E-state index is 3.50. The molecule has 0 aliphatic heterocycles. The van der Waals surface area contributed by atoms with Crippen molar-refractivity contribution in [3.63, 3.8) is 0 Å². The standard InChI is InChI=1S/C23H21.C7H9.2ClH.Zr/c1-22(2)7-5-14-10-18-16(12-20(14)22)9-17-13-21-15(11-19(17)18)6-8-23(21,3)4;1-6-3-4-7(2)5-6;;;/h5-7,10-13H,9H2,1-4H3;3-5H,1-2H3;2*1H;/q2*-1;;;+4/p-2. The number of halogens is 2. The van der Waals surface area contributed by atoms with E-state index in [9.17, 15) is 0 Å². The third kappa shape index (κ3) is 4.93. The van der Waals surface area contributed by atoms with Gasteiger partial charge in [-0.2, -0.15) is 23.3 Å². The van der Waals surface area contributed by atoms with E-state index in [1.165, 1.54) is 55.6 Å². The van der Waals surface area contributed by atoms with E-state index in [1.807, 2.05) is 0 Å². The van der Waals surface area contributed by atoms with Crippen molar-refractivity contribution in [2.24, 2.45) is 0 Å². The summed E-state index contributed by atoms with van der Waals surface area (Å²) in [7, 11) is 0. The van der Waals surface area contributed by atoms with E-state index >= 15 is 0 Å². The van der Waals surface area contributed by atoms with E-state index in [0.29, 0.717) is 0 Å². The summed E-state index contributed by atoms with van der Waals surface area (Å²) in [6, 6.07) is 16.1. The third-order valence-corrected chi connectivity index (χ3v) is 6.92. The van der Waals surface area contributed by atoms with Crippen LogP contribution in [-0.2, 0) is 43.5 Å². The molecular formula is C30H30Cl2Zr. The maximum absolute atomic E-state index is 3.50. The first-order valence-corrected chi connectivity index (χ1v) is 11.0. The summed E-state index contributed by atoms with van der Waals surface area (Å²) in [6.07, 6.45) is 11.4. The summed E-state index contributed by atoms with van der Waals surface area (Å²) < 4.78 is 0. The normalized spacial score (nSPS) is 16.2. The van der Waals surface area contributed by atoms with Crippen LogP contribution in [0.25, 0.3) is 23.3 Å². The average Bonchev–Trinajstić information content (AvgIpc) is 3.39. The zero-order valence-corrected chi connectivity index (χ0v) is 24.2. The molecule has 0 unspecified atom stereocenters. The zero-order chi connectivity index (χ0) is 21.3. The molecule has 3 aromatic carbocycles. The molecule has 0 radical (unpaired) electrons. The van der Waals surface area contributed by atoms with E-state index in [1.54, 1.807) is 0 Å². The molecule has 0 spiro atoms. The Morgan fingerprint density at radius 1 is 0.818 bits per heavy atom. The third-order valence-electron chi connectivity index (χ3n) is 6.92. The molecule has 3 heteroatoms. The average molecular weight is 553 g/mol. The Bertz CT molecular complexity index is 1140. The summed E-state index contributed by atoms with van der Waals surface area (Å²) in [4.78, 5) is 0. The number of aryl methyl sites for hydroxylation is 2. The Hall–Kier alpha value is -1.27. The van der Waals surface area contributed by atoms with Crippen molar-refractivity contribution in [3.8, 4) is 11.1 Å². The van der Waals surface area contributed by atoms with Crippen LogP contribution < -0.4 is 24.8 Å². The minimum Gasteiger partial charge on any atom is -1.00 e. The molecule has 0 fully saturated rings. The van der Waals surface area contributed by atoms with Crippen LogP contribution in [0.5, 0.6) is 0 Å². The van der Waals surface area contributed by atoms with Gasteiger partial charge in [-0.15, -0.1) is 11.6 Å². The van der Waals surface area contributed by atoms with Gasteiger partial charge in [0.1, 0.15) is 0 Å². The Kier molecular flexibility index (Phi) is 8.28. The second-order valence-electron chi connectivity index (χ2n) is 10.3. The van der Waals surface area contributed by atoms with Crippen LogP contribution in [0.4, 0.5) is 0 Å². The Balaban J connectivity index is 0.000000337. The van der Waals surface area contributed by atoms with Gasteiger partial charge in [-0.25, -0.2) is 17.7 Å². The minimum atomic E-state index is 0. The number of rotatable bonds is 0. The molecule has 0 heterocycles. The summed E-state index contributed by atoms with van der Waals surface area (Å²) in [5, 5.41) is 0. The van der Waals surface area contributed by atoms with E-state index in [-0.39, 0.29) is 61.8 Å². The molecule has 0 bridgehead atoms. The largest absolute Gasteiger partial charge is 4.00 e. The first-order chi connectivity index (χ1) is 14.1. The predicted molar refractivity (Wildman–Crippen MR) is 129 cm³/mol. The molecule has 33 heavy (non-hydrogen) atoms. The van der Waals surface area contributed by atoms with Crippen molar-refractivity contribution in [2.45, 2.75) is 58.8 Å². The van der Waals surface area contributed by atoms with E-state index in [2.05, 4.69) is 108 Å². The van der Waals surface area contributed by atoms with Gasteiger partial charge < -0.3 is 24.8 Å². The number of allylic oxidation sites excluding steroid dienone is 2. The van der Waals surface area contributed by atoms with Gasteiger partial charge in [0.15, 0.2) is 0 Å². The smallest absolute Gasteiger partial charge is 1.00 e. The molecule has 6 rings (SSSR count). The van der Waals surface area contributed by atoms with Crippen LogP contribution >= 0.6 is 0 Å². The molecular weight excluding hydrogens is 522 g/mol. The van der Waals surface area contributed by atoms with Crippen molar-refractivity contribution in [3.05, 3.63) is 99.1 Å². The van der Waals surface area contributed by atoms with E-state index in [0.717, 1.165) is 6.42 Å². The Morgan fingerprint density at radius 3 is 1.97 bits per heavy atom. The van der Waals surface area contributed by atoms with Crippen molar-refractivity contribution in [2.75, 3.05) is 0 Å². The monoisotopic (exact) mass is 550 g/mol. The first kappa shape index (κ1) is 28.0. The van der Waals surface area contributed by atoms with Gasteiger partial charge in [0, 0.05) is 5.41 Å². The topological polar surface area (TPSA) is 0 Å². The van der Waals surface area contributed by atoms with Crippen molar-refractivity contribution >= 4 is 12.2 Å². The van der Waals surface area contributed by atoms with Crippen LogP contribution in [0.1, 0.15) is 72.2 Å². The molecule has 0 saturated carbocycles. The van der Waals surface area contributed by atoms with Gasteiger partial charge in [0.25, 0.3) is 0 Å². The summed E-state index contributed by atoms with van der Waals surface area (Å²) in [5.74, 6) is 0. The van der Waals surface area contributed by atoms with Gasteiger partial charge in [0.05, 0.1) is 0 Å². The minimum absolute atomic E-state index is 0. The quantitative estimate of drug-likeness (QED) is 0.292. The van der Waals surface area contributed by atoms with Gasteiger partial charge in [-0.1, -0.05) is 71.2 Å². The van der Waals surface area contributed by atoms with Crippen LogP contribution in [0.15, 0.2) is 48.5 Å². The van der Waals surface area contributed by atoms with Crippen molar-refractivity contribution in [1.82, 2.24) is 0 Å². The van der Waals surface area contributed by atoms with Gasteiger partial charge in [0.2, 0.25) is 0 Å². The number of hydrogen-bond acceptors (Lipinski definition) is 0. The summed E-state index contributed by atoms with van der Waals surface area (Å²) in [6.45, 7) is 13.3. The fraction of sp³-hybridized carbons (Fsp3) is 0.300. The van der Waals surface area contributed by atoms with Crippen molar-refractivity contribution in [1.29, 1.82) is 0 Å². The number of fused-ring (bicyclic) bond motifs is 5. The molecule has 3 aliphatic rings. The molecule has 0 nitrogen and oxygen atoms in total. The second-order valence-corrected chi connectivity index (χ2v) is 10.3. The maximum Gasteiger partial charge on any atom is 4.00 e. The van der Waals surface area contributed by atoms with Crippen LogP contribution in [0, 0.1) is 19.9 Å². The van der Waals surface area contributed by atoms with Crippen LogP contribution in [0.3, 0.4) is 0 Å². The van der Waals surface area contributed by atoms with Crippen molar-refractivity contribution < 1.29 is 51.0 Å². The fourth-order valence-electron chi connectivity index (χ4n) is 5.12. The molecule has 3 aromatic rings. The number of hydrogen-bond donors (Lipinski definition) is 0. The summed E-state index contributed by atoms with van der Waals surface area (Å²) in [5.41, 5.74) is 14.4. The molecule has 168 valence electrons. The Morgan fingerprint density at radius 2 is 1.42 bits per heavy atom. The van der Waals surface area contributed by atoms with Gasteiger partial charge in [-0.05, 0) is 45.9 Å². The van der Waals surface area contributed by atoms with Gasteiger partial charge in [-0.3, -0.25) is 6.08 Å². The Labute approximate surface area is 230 Å². The number of benzene rings is 2. The molecule has 0 N–H and O–H groups in total. The fourth-order valence-corrected chi connectivity index (χ4v) is 5.12. The molecule has 3 aliphatic carbocycles. The predicted octanol–water partition coefficient (Wildman–Crippen LogP) is 1.70. The zero-order valence-electron chi connectivity index (χ0n) is 20.2. The molecule has 0 atom stereocenters. The van der Waals surface area contributed by atoms with Gasteiger partial charge >= 0.3 is 26.2 Å². The van der Waals surface area contributed by atoms with E-state index < -0.39 is 0 Å². The molecule has 0 saturated heterocycles. The van der Waals surface area contributed by atoms with E-state index in [4.69, 9.17) is 0 Å². The molecule has 0 aromatic heterocycles. The second kappa shape index (κ2) is 9.77. The van der Waals surface area contributed by atoms with Crippen LogP contribution in [0.2, 0.25) is 0 Å². The molecule has 0 amide bonds. The summed E-state index contributed by atoms with van der Waals surface area (Å²) >= 11 is 0.